The molecule has 0 saturated heterocycles. The van der Waals surface area contributed by atoms with Crippen molar-refractivity contribution in [1.29, 1.82) is 0 Å². The molecular formula is C8H13N3. The summed E-state index contributed by atoms with van der Waals surface area (Å²) in [5.41, 5.74) is 1.34. The van der Waals surface area contributed by atoms with Crippen LogP contribution in [0.2, 0.25) is 0 Å². The number of hydrogen-bond donors (Lipinski definition) is 1. The predicted molar refractivity (Wildman–Crippen MR) is 44.8 cm³/mol. The largest absolute Gasteiger partial charge is 0.368 e. The number of nitrogens with zero attached hydrogens (tertiary/aromatic N) is 2. The highest BCUT2D eigenvalue weighted by molar-refractivity contribution is 5.47. The summed E-state index contributed by atoms with van der Waals surface area (Å²) < 4.78 is 2.04. The van der Waals surface area contributed by atoms with E-state index in [4.69, 9.17) is 0 Å². The summed E-state index contributed by atoms with van der Waals surface area (Å²) in [6.07, 6.45) is 1.96. The van der Waals surface area contributed by atoms with Gasteiger partial charge in [-0.1, -0.05) is 13.8 Å². The van der Waals surface area contributed by atoms with Crippen molar-refractivity contribution in [2.45, 2.75) is 26.3 Å². The molecule has 1 aliphatic rings. The van der Waals surface area contributed by atoms with E-state index in [9.17, 15) is 0 Å². The molecule has 1 N–H and O–H groups in total. The fourth-order valence-electron chi connectivity index (χ4n) is 1.47. The lowest BCUT2D eigenvalue weighted by Crippen LogP contribution is -1.96. The van der Waals surface area contributed by atoms with Crippen LogP contribution in [0, 0.1) is 0 Å². The summed E-state index contributed by atoms with van der Waals surface area (Å²) in [6.45, 7) is 6.43. The van der Waals surface area contributed by atoms with Crippen molar-refractivity contribution in [2.24, 2.45) is 0 Å². The van der Waals surface area contributed by atoms with Crippen molar-refractivity contribution in [2.75, 3.05) is 11.9 Å². The maximum Gasteiger partial charge on any atom is 0.127 e. The van der Waals surface area contributed by atoms with Crippen LogP contribution in [0.4, 0.5) is 5.82 Å². The van der Waals surface area contributed by atoms with Gasteiger partial charge >= 0.3 is 0 Å². The third-order valence-electron chi connectivity index (χ3n) is 2.11. The van der Waals surface area contributed by atoms with E-state index < -0.39 is 0 Å². The van der Waals surface area contributed by atoms with E-state index in [-0.39, 0.29) is 0 Å². The van der Waals surface area contributed by atoms with Crippen LogP contribution in [0.1, 0.15) is 25.3 Å². The number of nitrogens with one attached hydrogen (secondary N) is 1. The van der Waals surface area contributed by atoms with Crippen LogP contribution < -0.4 is 5.32 Å². The maximum absolute atomic E-state index is 4.27. The van der Waals surface area contributed by atoms with Gasteiger partial charge in [-0.15, -0.1) is 0 Å². The van der Waals surface area contributed by atoms with Crippen LogP contribution in [-0.4, -0.2) is 16.3 Å². The van der Waals surface area contributed by atoms with Gasteiger partial charge in [0.15, 0.2) is 0 Å². The van der Waals surface area contributed by atoms with Gasteiger partial charge < -0.3 is 5.32 Å². The first kappa shape index (κ1) is 6.70. The lowest BCUT2D eigenvalue weighted by molar-refractivity contribution is 0.696. The highest BCUT2D eigenvalue weighted by Crippen LogP contribution is 2.25. The maximum atomic E-state index is 4.27. The molecule has 0 bridgehead atoms. The third kappa shape index (κ3) is 0.914. The van der Waals surface area contributed by atoms with Crippen LogP contribution >= 0.6 is 0 Å². The molecule has 1 aromatic rings. The Morgan fingerprint density at radius 2 is 2.45 bits per heavy atom. The zero-order valence-electron chi connectivity index (χ0n) is 6.96. The summed E-state index contributed by atoms with van der Waals surface area (Å²) in [5.74, 6) is 1.80. The van der Waals surface area contributed by atoms with Gasteiger partial charge in [-0.05, 0) is 5.92 Å². The van der Waals surface area contributed by atoms with Crippen LogP contribution in [0.25, 0.3) is 0 Å². The SMILES string of the molecule is CC(C)c1cnn2c1NCC2. The topological polar surface area (TPSA) is 29.9 Å². The molecule has 0 aromatic carbocycles. The van der Waals surface area contributed by atoms with Gasteiger partial charge in [-0.3, -0.25) is 0 Å². The van der Waals surface area contributed by atoms with Gasteiger partial charge in [-0.2, -0.15) is 5.10 Å². The van der Waals surface area contributed by atoms with Crippen LogP contribution in [-0.2, 0) is 6.54 Å². The van der Waals surface area contributed by atoms with E-state index in [1.807, 2.05) is 10.9 Å². The molecule has 0 spiro atoms. The molecule has 0 aliphatic carbocycles. The van der Waals surface area contributed by atoms with Crippen molar-refractivity contribution < 1.29 is 0 Å². The average molecular weight is 151 g/mol. The van der Waals surface area contributed by atoms with E-state index in [0.717, 1.165) is 13.1 Å². The fraction of sp³-hybridized carbons (Fsp3) is 0.625. The highest BCUT2D eigenvalue weighted by Gasteiger charge is 2.16. The second-order valence-corrected chi connectivity index (χ2v) is 3.25. The van der Waals surface area contributed by atoms with Crippen LogP contribution in [0.3, 0.4) is 0 Å². The normalized spacial score (nSPS) is 15.2. The highest BCUT2D eigenvalue weighted by atomic mass is 15.4. The van der Waals surface area contributed by atoms with Gasteiger partial charge in [0.1, 0.15) is 5.82 Å². The molecule has 2 heterocycles. The molecule has 3 nitrogen and oxygen atoms in total. The van der Waals surface area contributed by atoms with E-state index in [2.05, 4.69) is 24.3 Å². The van der Waals surface area contributed by atoms with Crippen molar-refractivity contribution in [3.8, 4) is 0 Å². The number of anilines is 1. The van der Waals surface area contributed by atoms with Crippen molar-refractivity contribution in [3.05, 3.63) is 11.8 Å². The lowest BCUT2D eigenvalue weighted by atomic mass is 10.1. The van der Waals surface area contributed by atoms with Gasteiger partial charge in [0.2, 0.25) is 0 Å². The molecule has 1 aromatic heterocycles. The molecule has 60 valence electrons. The summed E-state index contributed by atoms with van der Waals surface area (Å²) >= 11 is 0. The van der Waals surface area contributed by atoms with E-state index >= 15 is 0 Å². The Kier molecular flexibility index (Phi) is 1.37. The number of fused-ring (bicyclic) bond motifs is 1. The van der Waals surface area contributed by atoms with E-state index in [1.165, 1.54) is 11.4 Å². The first-order valence-corrected chi connectivity index (χ1v) is 4.08. The van der Waals surface area contributed by atoms with Crippen LogP contribution in [0.5, 0.6) is 0 Å². The third-order valence-corrected chi connectivity index (χ3v) is 2.11. The second kappa shape index (κ2) is 2.26. The average Bonchev–Trinajstić information content (AvgIpc) is 2.41. The first-order chi connectivity index (χ1) is 5.29. The molecule has 0 unspecified atom stereocenters. The first-order valence-electron chi connectivity index (χ1n) is 4.08. The number of aromatic nitrogens is 2. The van der Waals surface area contributed by atoms with E-state index in [0.29, 0.717) is 5.92 Å². The number of hydrogen-bond acceptors (Lipinski definition) is 2. The molecule has 3 heteroatoms. The lowest BCUT2D eigenvalue weighted by Gasteiger charge is -2.03. The molecule has 0 fully saturated rings. The van der Waals surface area contributed by atoms with Crippen LogP contribution in [0.15, 0.2) is 6.20 Å². The molecule has 11 heavy (non-hydrogen) atoms. The standard InChI is InChI=1S/C8H13N3/c1-6(2)7-5-10-11-4-3-9-8(7)11/h5-6,9H,3-4H2,1-2H3. The quantitative estimate of drug-likeness (QED) is 0.658. The Morgan fingerprint density at radius 1 is 1.64 bits per heavy atom. The fourth-order valence-corrected chi connectivity index (χ4v) is 1.47. The summed E-state index contributed by atoms with van der Waals surface area (Å²) in [6, 6.07) is 0. The Hall–Kier alpha value is -0.990. The minimum Gasteiger partial charge on any atom is -0.368 e. The molecule has 0 radical (unpaired) electrons. The molecule has 0 saturated carbocycles. The Labute approximate surface area is 66.4 Å². The van der Waals surface area contributed by atoms with Gasteiger partial charge in [-0.25, -0.2) is 4.68 Å². The Morgan fingerprint density at radius 3 is 3.18 bits per heavy atom. The minimum atomic E-state index is 0.573. The van der Waals surface area contributed by atoms with Gasteiger partial charge in [0.05, 0.1) is 12.7 Å². The molecular weight excluding hydrogens is 138 g/mol. The van der Waals surface area contributed by atoms with Crippen molar-refractivity contribution in [3.63, 3.8) is 0 Å². The van der Waals surface area contributed by atoms with Gasteiger partial charge in [0, 0.05) is 12.1 Å². The molecule has 0 amide bonds. The zero-order valence-corrected chi connectivity index (χ0v) is 6.96. The second-order valence-electron chi connectivity index (χ2n) is 3.25. The van der Waals surface area contributed by atoms with Crippen molar-refractivity contribution >= 4 is 5.82 Å². The molecule has 1 aliphatic heterocycles. The monoisotopic (exact) mass is 151 g/mol. The minimum absolute atomic E-state index is 0.573. The summed E-state index contributed by atoms with van der Waals surface area (Å²) in [7, 11) is 0. The summed E-state index contributed by atoms with van der Waals surface area (Å²) in [5, 5.41) is 7.60. The van der Waals surface area contributed by atoms with Gasteiger partial charge in [0.25, 0.3) is 0 Å². The Bertz CT molecular complexity index is 262. The van der Waals surface area contributed by atoms with E-state index in [1.54, 1.807) is 0 Å². The molecule has 0 atom stereocenters. The molecule has 2 rings (SSSR count). The Balaban J connectivity index is 2.42. The predicted octanol–water partition coefficient (Wildman–Crippen LogP) is 1.43. The number of rotatable bonds is 1. The van der Waals surface area contributed by atoms with Crippen molar-refractivity contribution in [1.82, 2.24) is 9.78 Å². The smallest absolute Gasteiger partial charge is 0.127 e. The zero-order chi connectivity index (χ0) is 7.84. The summed E-state index contributed by atoms with van der Waals surface area (Å²) in [4.78, 5) is 0.